The monoisotopic (exact) mass is 547 g/mol. The summed E-state index contributed by atoms with van der Waals surface area (Å²) in [4.78, 5) is 15.7. The van der Waals surface area contributed by atoms with Crippen molar-refractivity contribution in [3.63, 3.8) is 0 Å². The van der Waals surface area contributed by atoms with Crippen molar-refractivity contribution in [1.29, 1.82) is 0 Å². The summed E-state index contributed by atoms with van der Waals surface area (Å²) in [6.45, 7) is 13.5. The van der Waals surface area contributed by atoms with Gasteiger partial charge in [0.2, 0.25) is 10.0 Å². The predicted octanol–water partition coefficient (Wildman–Crippen LogP) is 5.33. The van der Waals surface area contributed by atoms with E-state index in [9.17, 15) is 13.2 Å². The highest BCUT2D eigenvalue weighted by molar-refractivity contribution is 7.89. The fraction of sp³-hybridized carbons (Fsp3) is 0.406. The molecule has 0 spiro atoms. The normalized spacial score (nSPS) is 14.3. The van der Waals surface area contributed by atoms with Crippen molar-refractivity contribution in [1.82, 2.24) is 14.5 Å². The molecular formula is C32H41N3O3S. The summed E-state index contributed by atoms with van der Waals surface area (Å²) in [6, 6.07) is 21.3. The Balaban J connectivity index is 1.36. The number of carbonyl (C=O) groups excluding carboxylic acids is 1. The van der Waals surface area contributed by atoms with Crippen LogP contribution in [-0.2, 0) is 36.0 Å². The van der Waals surface area contributed by atoms with E-state index in [2.05, 4.69) is 62.2 Å². The van der Waals surface area contributed by atoms with Crippen LogP contribution in [0.2, 0.25) is 0 Å². The third-order valence-corrected chi connectivity index (χ3v) is 9.38. The summed E-state index contributed by atoms with van der Waals surface area (Å²) in [5.41, 5.74) is 6.18. The van der Waals surface area contributed by atoms with E-state index in [1.165, 1.54) is 15.4 Å². The molecule has 0 saturated heterocycles. The second kappa shape index (κ2) is 12.0. The minimum Gasteiger partial charge on any atom is -0.351 e. The summed E-state index contributed by atoms with van der Waals surface area (Å²) in [6.07, 6.45) is 1.61. The molecule has 3 aromatic carbocycles. The predicted molar refractivity (Wildman–Crippen MR) is 157 cm³/mol. The van der Waals surface area contributed by atoms with Crippen molar-refractivity contribution in [2.75, 3.05) is 19.6 Å². The van der Waals surface area contributed by atoms with E-state index in [0.717, 1.165) is 36.2 Å². The second-order valence-corrected chi connectivity index (χ2v) is 13.3. The molecule has 1 N–H and O–H groups in total. The maximum atomic E-state index is 13.1. The largest absolute Gasteiger partial charge is 0.351 e. The van der Waals surface area contributed by atoms with Crippen LogP contribution in [0.25, 0.3) is 0 Å². The third-order valence-electron chi connectivity index (χ3n) is 7.53. The lowest BCUT2D eigenvalue weighted by Gasteiger charge is -2.36. The molecule has 208 valence electrons. The van der Waals surface area contributed by atoms with E-state index >= 15 is 0 Å². The Morgan fingerprint density at radius 1 is 0.949 bits per heavy atom. The van der Waals surface area contributed by atoms with E-state index in [1.54, 1.807) is 18.2 Å². The van der Waals surface area contributed by atoms with Gasteiger partial charge < -0.3 is 5.32 Å². The van der Waals surface area contributed by atoms with Gasteiger partial charge in [0.1, 0.15) is 0 Å². The Bertz CT molecular complexity index is 1390. The van der Waals surface area contributed by atoms with Crippen molar-refractivity contribution in [3.05, 3.63) is 100 Å². The number of carbonyl (C=O) groups is 1. The molecule has 3 aromatic rings. The standard InChI is InChI=1S/C32H41N3O3S/c1-6-25-9-11-26(12-10-25)22-34(32(3,4)5)20-18-33-31(36)28-13-14-29-23-35(19-17-27(29)21-28)39(37,38)30-15-7-24(2)8-16-30/h7-16,21H,6,17-20,22-23H2,1-5H3,(H,33,36). The van der Waals surface area contributed by atoms with Crippen LogP contribution in [0.4, 0.5) is 0 Å². The number of nitrogens with one attached hydrogen (secondary N) is 1. The van der Waals surface area contributed by atoms with Gasteiger partial charge in [0, 0.05) is 43.8 Å². The summed E-state index contributed by atoms with van der Waals surface area (Å²) in [7, 11) is -3.56. The molecule has 0 unspecified atom stereocenters. The van der Waals surface area contributed by atoms with Crippen molar-refractivity contribution in [2.45, 2.75) is 71.0 Å². The Hall–Kier alpha value is -3.00. The quantitative estimate of drug-likeness (QED) is 0.393. The molecule has 0 bridgehead atoms. The molecule has 0 saturated carbocycles. The molecule has 1 heterocycles. The van der Waals surface area contributed by atoms with E-state index in [0.29, 0.717) is 36.5 Å². The average Bonchev–Trinajstić information content (AvgIpc) is 2.91. The Labute approximate surface area is 234 Å². The van der Waals surface area contributed by atoms with Crippen molar-refractivity contribution >= 4 is 15.9 Å². The zero-order valence-corrected chi connectivity index (χ0v) is 24.6. The van der Waals surface area contributed by atoms with Crippen LogP contribution in [-0.4, -0.2) is 48.7 Å². The minimum atomic E-state index is -3.56. The first kappa shape index (κ1) is 29.0. The van der Waals surface area contributed by atoms with Crippen molar-refractivity contribution < 1.29 is 13.2 Å². The second-order valence-electron chi connectivity index (χ2n) is 11.4. The first-order valence-electron chi connectivity index (χ1n) is 13.8. The number of rotatable bonds is 9. The lowest BCUT2D eigenvalue weighted by atomic mass is 9.98. The van der Waals surface area contributed by atoms with Gasteiger partial charge in [0.25, 0.3) is 5.91 Å². The van der Waals surface area contributed by atoms with Gasteiger partial charge in [-0.1, -0.05) is 55.0 Å². The van der Waals surface area contributed by atoms with E-state index < -0.39 is 10.0 Å². The number of hydrogen-bond acceptors (Lipinski definition) is 4. The van der Waals surface area contributed by atoms with Gasteiger partial charge in [-0.15, -0.1) is 0 Å². The van der Waals surface area contributed by atoms with Crippen LogP contribution in [0.5, 0.6) is 0 Å². The fourth-order valence-electron chi connectivity index (χ4n) is 4.89. The zero-order chi connectivity index (χ0) is 28.2. The van der Waals surface area contributed by atoms with Crippen LogP contribution in [0.15, 0.2) is 71.6 Å². The molecule has 0 aromatic heterocycles. The van der Waals surface area contributed by atoms with Crippen LogP contribution >= 0.6 is 0 Å². The molecule has 0 radical (unpaired) electrons. The smallest absolute Gasteiger partial charge is 0.251 e. The number of fused-ring (bicyclic) bond motifs is 1. The van der Waals surface area contributed by atoms with Gasteiger partial charge in [0.15, 0.2) is 0 Å². The lowest BCUT2D eigenvalue weighted by molar-refractivity contribution is 0.0921. The van der Waals surface area contributed by atoms with Gasteiger partial charge in [0.05, 0.1) is 4.90 Å². The first-order chi connectivity index (χ1) is 18.5. The average molecular weight is 548 g/mol. The third kappa shape index (κ3) is 7.15. The highest BCUT2D eigenvalue weighted by Crippen LogP contribution is 2.26. The first-order valence-corrected chi connectivity index (χ1v) is 15.2. The summed E-state index contributed by atoms with van der Waals surface area (Å²) < 4.78 is 27.8. The molecule has 0 atom stereocenters. The summed E-state index contributed by atoms with van der Waals surface area (Å²) in [5, 5.41) is 3.08. The van der Waals surface area contributed by atoms with Gasteiger partial charge >= 0.3 is 0 Å². The number of amides is 1. The van der Waals surface area contributed by atoms with Gasteiger partial charge in [-0.3, -0.25) is 9.69 Å². The molecule has 39 heavy (non-hydrogen) atoms. The van der Waals surface area contributed by atoms with Crippen LogP contribution in [0.3, 0.4) is 0 Å². The van der Waals surface area contributed by atoms with Crippen LogP contribution in [0.1, 0.15) is 65.9 Å². The topological polar surface area (TPSA) is 69.7 Å². The molecule has 6 nitrogen and oxygen atoms in total. The van der Waals surface area contributed by atoms with Crippen molar-refractivity contribution in [3.8, 4) is 0 Å². The molecule has 7 heteroatoms. The summed E-state index contributed by atoms with van der Waals surface area (Å²) >= 11 is 0. The van der Waals surface area contributed by atoms with E-state index in [4.69, 9.17) is 0 Å². The molecule has 0 aliphatic carbocycles. The molecule has 4 rings (SSSR count). The zero-order valence-electron chi connectivity index (χ0n) is 23.8. The van der Waals surface area contributed by atoms with Gasteiger partial charge in [-0.05, 0) is 87.1 Å². The number of nitrogens with zero attached hydrogens (tertiary/aromatic N) is 2. The highest BCUT2D eigenvalue weighted by atomic mass is 32.2. The van der Waals surface area contributed by atoms with Crippen LogP contribution < -0.4 is 5.32 Å². The molecular weight excluding hydrogens is 506 g/mol. The Morgan fingerprint density at radius 3 is 2.26 bits per heavy atom. The highest BCUT2D eigenvalue weighted by Gasteiger charge is 2.29. The van der Waals surface area contributed by atoms with E-state index in [-0.39, 0.29) is 11.4 Å². The lowest BCUT2D eigenvalue weighted by Crippen LogP contribution is -2.45. The minimum absolute atomic E-state index is 0.0369. The molecule has 0 fully saturated rings. The molecule has 1 aliphatic heterocycles. The maximum Gasteiger partial charge on any atom is 0.251 e. The Morgan fingerprint density at radius 2 is 1.62 bits per heavy atom. The number of aryl methyl sites for hydroxylation is 2. The van der Waals surface area contributed by atoms with Gasteiger partial charge in [-0.25, -0.2) is 8.42 Å². The maximum absolute atomic E-state index is 13.1. The summed E-state index contributed by atoms with van der Waals surface area (Å²) in [5.74, 6) is -0.103. The van der Waals surface area contributed by atoms with E-state index in [1.807, 2.05) is 31.2 Å². The molecule has 1 amide bonds. The fourth-order valence-corrected chi connectivity index (χ4v) is 6.31. The van der Waals surface area contributed by atoms with Crippen LogP contribution in [0, 0.1) is 6.92 Å². The Kier molecular flexibility index (Phi) is 8.94. The van der Waals surface area contributed by atoms with Gasteiger partial charge in [-0.2, -0.15) is 4.31 Å². The number of benzene rings is 3. The van der Waals surface area contributed by atoms with Crippen molar-refractivity contribution in [2.24, 2.45) is 0 Å². The number of sulfonamides is 1. The SMILES string of the molecule is CCc1ccc(CN(CCNC(=O)c2ccc3c(c2)CCN(S(=O)(=O)c2ccc(C)cc2)C3)C(C)(C)C)cc1. The number of hydrogen-bond donors (Lipinski definition) is 1. The molecule has 1 aliphatic rings.